The topological polar surface area (TPSA) is 76.0 Å². The molecule has 0 atom stereocenters. The first-order valence-electron chi connectivity index (χ1n) is 5.34. The summed E-state index contributed by atoms with van der Waals surface area (Å²) in [5, 5.41) is 18.4. The number of phenols is 1. The van der Waals surface area contributed by atoms with Gasteiger partial charge in [-0.2, -0.15) is 0 Å². The number of aromatic hydroxyl groups is 1. The van der Waals surface area contributed by atoms with Crippen LogP contribution in [0.2, 0.25) is 0 Å². The van der Waals surface area contributed by atoms with Crippen molar-refractivity contribution in [3.63, 3.8) is 0 Å². The fourth-order valence-electron chi connectivity index (χ4n) is 1.39. The normalized spacial score (nSPS) is 10.1. The van der Waals surface area contributed by atoms with Crippen LogP contribution in [-0.4, -0.2) is 23.0 Å². The molecule has 0 saturated heterocycles. The minimum absolute atomic E-state index is 0.105. The Hall–Kier alpha value is -1.91. The summed E-state index contributed by atoms with van der Waals surface area (Å²) in [6.07, 6.45) is -0.674. The van der Waals surface area contributed by atoms with E-state index in [4.69, 9.17) is 9.84 Å². The zero-order valence-corrected chi connectivity index (χ0v) is 10.1. The summed E-state index contributed by atoms with van der Waals surface area (Å²) in [6, 6.07) is 1.47. The fourth-order valence-corrected chi connectivity index (χ4v) is 1.39. The van der Waals surface area contributed by atoms with Gasteiger partial charge in [0, 0.05) is 0 Å². The monoisotopic (exact) mass is 240 g/mol. The second-order valence-corrected chi connectivity index (χ2v) is 3.71. The predicted octanol–water partition coefficient (Wildman–Crippen LogP) is 2.85. The van der Waals surface area contributed by atoms with Crippen molar-refractivity contribution in [1.82, 2.24) is 0 Å². The number of carboxylic acid groups (broad SMARTS) is 1. The maximum Gasteiger partial charge on any atom is 0.511 e. The third-order valence-corrected chi connectivity index (χ3v) is 2.38. The molecule has 0 spiro atoms. The van der Waals surface area contributed by atoms with E-state index in [1.807, 2.05) is 6.92 Å². The first-order chi connectivity index (χ1) is 7.97. The Balaban J connectivity index is 3.17. The molecule has 1 rings (SSSR count). The Labute approximate surface area is 99.6 Å². The number of benzene rings is 1. The van der Waals surface area contributed by atoms with Crippen LogP contribution >= 0.6 is 0 Å². The van der Waals surface area contributed by atoms with Gasteiger partial charge >= 0.3 is 6.16 Å². The molecule has 0 aliphatic heterocycles. The van der Waals surface area contributed by atoms with Crippen LogP contribution in [0.4, 0.5) is 4.79 Å². The van der Waals surface area contributed by atoms with Crippen molar-refractivity contribution in [2.75, 3.05) is 6.61 Å². The molecule has 94 valence electrons. The summed E-state index contributed by atoms with van der Waals surface area (Å²) in [5.74, 6) is -0.0984. The van der Waals surface area contributed by atoms with Gasteiger partial charge < -0.3 is 19.7 Å². The molecule has 0 aliphatic carbocycles. The molecule has 5 heteroatoms. The molecule has 0 aromatic heterocycles. The Morgan fingerprint density at radius 3 is 2.59 bits per heavy atom. The zero-order chi connectivity index (χ0) is 13.0. The Morgan fingerprint density at radius 1 is 1.41 bits per heavy atom. The van der Waals surface area contributed by atoms with Crippen LogP contribution in [-0.2, 0) is 0 Å². The third kappa shape index (κ3) is 3.03. The van der Waals surface area contributed by atoms with Crippen LogP contribution in [0.15, 0.2) is 6.07 Å². The molecule has 0 radical (unpaired) electrons. The van der Waals surface area contributed by atoms with E-state index in [1.165, 1.54) is 6.07 Å². The van der Waals surface area contributed by atoms with Crippen LogP contribution in [0.25, 0.3) is 0 Å². The van der Waals surface area contributed by atoms with Gasteiger partial charge in [-0.05, 0) is 37.5 Å². The smallest absolute Gasteiger partial charge is 0.502 e. The third-order valence-electron chi connectivity index (χ3n) is 2.38. The largest absolute Gasteiger partial charge is 0.511 e. The lowest BCUT2D eigenvalue weighted by Gasteiger charge is -2.14. The second kappa shape index (κ2) is 5.43. The second-order valence-electron chi connectivity index (χ2n) is 3.71. The summed E-state index contributed by atoms with van der Waals surface area (Å²) in [4.78, 5) is 10.5. The molecular formula is C12H16O5. The van der Waals surface area contributed by atoms with Crippen molar-refractivity contribution in [1.29, 1.82) is 0 Å². The molecule has 17 heavy (non-hydrogen) atoms. The molecule has 1 aromatic rings. The Kier molecular flexibility index (Phi) is 4.20. The molecular weight excluding hydrogens is 224 g/mol. The molecule has 0 heterocycles. The van der Waals surface area contributed by atoms with Crippen molar-refractivity contribution < 1.29 is 24.5 Å². The molecule has 0 aliphatic rings. The highest BCUT2D eigenvalue weighted by atomic mass is 16.7. The standard InChI is InChI=1S/C12H16O5/c1-4-5-16-11-8(3)7(2)6-9(10(11)13)17-12(14)15/h6,13H,4-5H2,1-3H3,(H,14,15). The van der Waals surface area contributed by atoms with E-state index in [1.54, 1.807) is 13.8 Å². The Morgan fingerprint density at radius 2 is 2.06 bits per heavy atom. The zero-order valence-electron chi connectivity index (χ0n) is 10.1. The SMILES string of the molecule is CCCOc1c(C)c(C)cc(OC(=O)O)c1O. The summed E-state index contributed by atoms with van der Waals surface area (Å²) >= 11 is 0. The highest BCUT2D eigenvalue weighted by molar-refractivity contribution is 5.66. The molecule has 1 aromatic carbocycles. The Bertz CT molecular complexity index is 425. The van der Waals surface area contributed by atoms with Crippen LogP contribution in [0, 0.1) is 13.8 Å². The summed E-state index contributed by atoms with van der Waals surface area (Å²) in [7, 11) is 0. The lowest BCUT2D eigenvalue weighted by atomic mass is 10.1. The van der Waals surface area contributed by atoms with Crippen LogP contribution in [0.3, 0.4) is 0 Å². The lowest BCUT2D eigenvalue weighted by Crippen LogP contribution is -2.05. The summed E-state index contributed by atoms with van der Waals surface area (Å²) in [5.41, 5.74) is 1.57. The molecule has 5 nitrogen and oxygen atoms in total. The maximum atomic E-state index is 10.5. The van der Waals surface area contributed by atoms with Gasteiger partial charge in [0.15, 0.2) is 11.5 Å². The van der Waals surface area contributed by atoms with Gasteiger partial charge in [-0.1, -0.05) is 6.92 Å². The lowest BCUT2D eigenvalue weighted by molar-refractivity contribution is 0.142. The number of phenolic OH excluding ortho intramolecular Hbond substituents is 1. The van der Waals surface area contributed by atoms with Crippen LogP contribution in [0.5, 0.6) is 17.2 Å². The van der Waals surface area contributed by atoms with Gasteiger partial charge in [-0.3, -0.25) is 0 Å². The van der Waals surface area contributed by atoms with E-state index >= 15 is 0 Å². The van der Waals surface area contributed by atoms with Crippen LogP contribution < -0.4 is 9.47 Å². The van der Waals surface area contributed by atoms with E-state index in [0.29, 0.717) is 6.61 Å². The van der Waals surface area contributed by atoms with Gasteiger partial charge in [-0.15, -0.1) is 0 Å². The van der Waals surface area contributed by atoms with Gasteiger partial charge in [0.25, 0.3) is 0 Å². The molecule has 0 amide bonds. The summed E-state index contributed by atoms with van der Waals surface area (Å²) < 4.78 is 9.88. The van der Waals surface area contributed by atoms with E-state index in [0.717, 1.165) is 17.5 Å². The predicted molar refractivity (Wildman–Crippen MR) is 62.0 cm³/mol. The van der Waals surface area contributed by atoms with Crippen molar-refractivity contribution >= 4 is 6.16 Å². The van der Waals surface area contributed by atoms with Crippen molar-refractivity contribution in [3.05, 3.63) is 17.2 Å². The van der Waals surface area contributed by atoms with Gasteiger partial charge in [0.05, 0.1) is 6.61 Å². The first kappa shape index (κ1) is 13.2. The highest BCUT2D eigenvalue weighted by Gasteiger charge is 2.17. The van der Waals surface area contributed by atoms with Crippen molar-refractivity contribution in [2.24, 2.45) is 0 Å². The quantitative estimate of drug-likeness (QED) is 0.625. The van der Waals surface area contributed by atoms with Crippen molar-refractivity contribution in [3.8, 4) is 17.2 Å². The van der Waals surface area contributed by atoms with Gasteiger partial charge in [0.2, 0.25) is 5.75 Å². The molecule has 0 unspecified atom stereocenters. The van der Waals surface area contributed by atoms with Gasteiger partial charge in [-0.25, -0.2) is 4.79 Å². The fraction of sp³-hybridized carbons (Fsp3) is 0.417. The number of aryl methyl sites for hydroxylation is 1. The van der Waals surface area contributed by atoms with E-state index < -0.39 is 6.16 Å². The maximum absolute atomic E-state index is 10.5. The minimum atomic E-state index is -1.47. The number of hydrogen-bond acceptors (Lipinski definition) is 4. The van der Waals surface area contributed by atoms with E-state index in [-0.39, 0.29) is 17.2 Å². The number of hydrogen-bond donors (Lipinski definition) is 2. The molecule has 0 saturated carbocycles. The number of ether oxygens (including phenoxy) is 2. The number of carbonyl (C=O) groups is 1. The molecule has 0 bridgehead atoms. The van der Waals surface area contributed by atoms with Crippen LogP contribution in [0.1, 0.15) is 24.5 Å². The number of rotatable bonds is 4. The van der Waals surface area contributed by atoms with Gasteiger partial charge in [0.1, 0.15) is 0 Å². The highest BCUT2D eigenvalue weighted by Crippen LogP contribution is 2.40. The van der Waals surface area contributed by atoms with Crippen molar-refractivity contribution in [2.45, 2.75) is 27.2 Å². The van der Waals surface area contributed by atoms with E-state index in [9.17, 15) is 9.90 Å². The molecule has 2 N–H and O–H groups in total. The first-order valence-corrected chi connectivity index (χ1v) is 5.34. The minimum Gasteiger partial charge on any atom is -0.502 e. The van der Waals surface area contributed by atoms with E-state index in [2.05, 4.69) is 4.74 Å². The molecule has 0 fully saturated rings. The average molecular weight is 240 g/mol. The average Bonchev–Trinajstić information content (AvgIpc) is 2.25. The summed E-state index contributed by atoms with van der Waals surface area (Å²) in [6.45, 7) is 5.98.